The third-order valence-electron chi connectivity index (χ3n) is 7.30. The first-order valence-corrected chi connectivity index (χ1v) is 10.3. The van der Waals surface area contributed by atoms with Crippen LogP contribution in [0.5, 0.6) is 0 Å². The van der Waals surface area contributed by atoms with Crippen molar-refractivity contribution in [3.05, 3.63) is 29.6 Å². The molecule has 1 aromatic rings. The van der Waals surface area contributed by atoms with Gasteiger partial charge in [0.15, 0.2) is 0 Å². The van der Waals surface area contributed by atoms with Gasteiger partial charge in [-0.2, -0.15) is 0 Å². The number of hydrogen-bond acceptors (Lipinski definition) is 5. The molecule has 0 radical (unpaired) electrons. The quantitative estimate of drug-likeness (QED) is 0.874. The van der Waals surface area contributed by atoms with E-state index in [9.17, 15) is 4.79 Å². The zero-order valence-electron chi connectivity index (χ0n) is 16.0. The van der Waals surface area contributed by atoms with E-state index in [1.165, 1.54) is 6.42 Å². The van der Waals surface area contributed by atoms with Crippen LogP contribution in [0.3, 0.4) is 0 Å². The van der Waals surface area contributed by atoms with E-state index in [-0.39, 0.29) is 11.5 Å². The number of nitrogens with one attached hydrogen (secondary N) is 1. The molecule has 5 heterocycles. The van der Waals surface area contributed by atoms with Crippen LogP contribution in [0.15, 0.2) is 18.5 Å². The number of nitrogens with zero attached hydrogens (tertiary/aromatic N) is 2. The maximum Gasteiger partial charge on any atom is 0.253 e. The molecule has 1 spiro atoms. The van der Waals surface area contributed by atoms with Gasteiger partial charge >= 0.3 is 0 Å². The van der Waals surface area contributed by atoms with E-state index in [0.717, 1.165) is 51.1 Å². The van der Waals surface area contributed by atoms with Crippen LogP contribution in [0.4, 0.5) is 0 Å². The summed E-state index contributed by atoms with van der Waals surface area (Å²) in [5.74, 6) is 0.940. The van der Waals surface area contributed by atoms with Crippen LogP contribution in [0, 0.1) is 18.8 Å². The van der Waals surface area contributed by atoms with Crippen LogP contribution >= 0.6 is 0 Å². The van der Waals surface area contributed by atoms with Crippen LogP contribution in [0.1, 0.15) is 41.6 Å². The summed E-state index contributed by atoms with van der Waals surface area (Å²) in [7, 11) is 0. The second kappa shape index (κ2) is 6.83. The molecule has 146 valence electrons. The molecule has 1 N–H and O–H groups in total. The Morgan fingerprint density at radius 1 is 1.37 bits per heavy atom. The highest BCUT2D eigenvalue weighted by Crippen LogP contribution is 2.55. The molecule has 0 aromatic carbocycles. The SMILES string of the molecule is Cc1ccncc1C(=O)NC[C@H]1[C@H]2CN(C3CCOCC3)C[C@]23CC[C@H]1O3. The molecule has 1 amide bonds. The Labute approximate surface area is 160 Å². The number of aryl methyl sites for hydroxylation is 1. The summed E-state index contributed by atoms with van der Waals surface area (Å²) in [6, 6.07) is 2.52. The lowest BCUT2D eigenvalue weighted by Gasteiger charge is -2.32. The molecular formula is C21H29N3O3. The minimum Gasteiger partial charge on any atom is -0.381 e. The van der Waals surface area contributed by atoms with Crippen molar-refractivity contribution in [3.63, 3.8) is 0 Å². The highest BCUT2D eigenvalue weighted by Gasteiger charge is 2.63. The van der Waals surface area contributed by atoms with E-state index in [2.05, 4.69) is 15.2 Å². The minimum absolute atomic E-state index is 0.0169. The third kappa shape index (κ3) is 2.98. The summed E-state index contributed by atoms with van der Waals surface area (Å²) >= 11 is 0. The molecule has 4 saturated heterocycles. The van der Waals surface area contributed by atoms with Crippen molar-refractivity contribution in [2.45, 2.75) is 50.4 Å². The minimum atomic E-state index is -0.0169. The lowest BCUT2D eigenvalue weighted by Crippen LogP contribution is -2.42. The van der Waals surface area contributed by atoms with Gasteiger partial charge in [-0.15, -0.1) is 0 Å². The molecule has 4 aliphatic rings. The Morgan fingerprint density at radius 3 is 3.04 bits per heavy atom. The molecule has 4 fully saturated rings. The van der Waals surface area contributed by atoms with Crippen molar-refractivity contribution < 1.29 is 14.3 Å². The Bertz CT molecular complexity index is 720. The molecule has 6 heteroatoms. The second-order valence-electron chi connectivity index (χ2n) is 8.70. The topological polar surface area (TPSA) is 63.7 Å². The fourth-order valence-corrected chi connectivity index (χ4v) is 5.84. The van der Waals surface area contributed by atoms with Gasteiger partial charge in [-0.1, -0.05) is 0 Å². The van der Waals surface area contributed by atoms with Gasteiger partial charge in [-0.05, 0) is 44.2 Å². The van der Waals surface area contributed by atoms with Crippen LogP contribution in [-0.4, -0.2) is 66.4 Å². The first kappa shape index (κ1) is 17.6. The molecule has 5 rings (SSSR count). The standard InChI is InChI=1S/C21H29N3O3/c1-14-3-7-22-10-16(14)20(25)23-11-17-18-12-24(15-4-8-26-9-5-15)13-21(18)6-2-19(17)27-21/h3,7,10,15,17-19H,2,4-6,8-9,11-13H2,1H3,(H,23,25)/t17-,18+,19+,21+/m0/s1. The van der Waals surface area contributed by atoms with Gasteiger partial charge < -0.3 is 14.8 Å². The van der Waals surface area contributed by atoms with Crippen molar-refractivity contribution >= 4 is 5.91 Å². The van der Waals surface area contributed by atoms with E-state index < -0.39 is 0 Å². The van der Waals surface area contributed by atoms with Gasteiger partial charge in [0, 0.05) is 63.1 Å². The summed E-state index contributed by atoms with van der Waals surface area (Å²) in [5, 5.41) is 3.17. The number of fused-ring (bicyclic) bond motifs is 1. The number of pyridine rings is 1. The molecular weight excluding hydrogens is 342 g/mol. The summed E-state index contributed by atoms with van der Waals surface area (Å²) in [4.78, 5) is 19.4. The Hall–Kier alpha value is -1.50. The van der Waals surface area contributed by atoms with Crippen LogP contribution < -0.4 is 5.32 Å². The predicted molar refractivity (Wildman–Crippen MR) is 101 cm³/mol. The lowest BCUT2D eigenvalue weighted by molar-refractivity contribution is -0.0122. The highest BCUT2D eigenvalue weighted by molar-refractivity contribution is 5.95. The van der Waals surface area contributed by atoms with Gasteiger partial charge in [-0.25, -0.2) is 0 Å². The molecule has 1 aromatic heterocycles. The van der Waals surface area contributed by atoms with E-state index in [1.54, 1.807) is 12.4 Å². The van der Waals surface area contributed by atoms with Gasteiger partial charge in [0.25, 0.3) is 5.91 Å². The summed E-state index contributed by atoms with van der Waals surface area (Å²) in [5.41, 5.74) is 1.67. The number of likely N-dealkylation sites (tertiary alicyclic amines) is 1. The fraction of sp³-hybridized carbons (Fsp3) is 0.714. The third-order valence-corrected chi connectivity index (χ3v) is 7.30. The van der Waals surface area contributed by atoms with E-state index in [4.69, 9.17) is 9.47 Å². The van der Waals surface area contributed by atoms with E-state index in [1.807, 2.05) is 13.0 Å². The molecule has 0 saturated carbocycles. The number of hydrogen-bond donors (Lipinski definition) is 1. The van der Waals surface area contributed by atoms with Gasteiger partial charge in [0.1, 0.15) is 0 Å². The Morgan fingerprint density at radius 2 is 2.22 bits per heavy atom. The monoisotopic (exact) mass is 371 g/mol. The van der Waals surface area contributed by atoms with Crippen LogP contribution in [0.2, 0.25) is 0 Å². The van der Waals surface area contributed by atoms with Crippen LogP contribution in [-0.2, 0) is 9.47 Å². The zero-order valence-corrected chi connectivity index (χ0v) is 16.0. The normalized spacial score (nSPS) is 36.1. The van der Waals surface area contributed by atoms with Crippen molar-refractivity contribution in [3.8, 4) is 0 Å². The number of amides is 1. The number of aromatic nitrogens is 1. The molecule has 6 nitrogen and oxygen atoms in total. The van der Waals surface area contributed by atoms with Gasteiger partial charge in [-0.3, -0.25) is 14.7 Å². The average molecular weight is 371 g/mol. The molecule has 4 aliphatic heterocycles. The van der Waals surface area contributed by atoms with Gasteiger partial charge in [0.05, 0.1) is 17.3 Å². The van der Waals surface area contributed by atoms with Crippen molar-refractivity contribution in [1.82, 2.24) is 15.2 Å². The maximum absolute atomic E-state index is 12.6. The molecule has 2 bridgehead atoms. The van der Waals surface area contributed by atoms with Crippen LogP contribution in [0.25, 0.3) is 0 Å². The first-order chi connectivity index (χ1) is 13.2. The molecule has 4 atom stereocenters. The molecule has 0 aliphatic carbocycles. The Balaban J connectivity index is 1.26. The van der Waals surface area contributed by atoms with Crippen molar-refractivity contribution in [2.24, 2.45) is 11.8 Å². The summed E-state index contributed by atoms with van der Waals surface area (Å²) < 4.78 is 12.1. The summed E-state index contributed by atoms with van der Waals surface area (Å²) in [6.07, 6.45) is 8.26. The van der Waals surface area contributed by atoms with Crippen molar-refractivity contribution in [1.29, 1.82) is 0 Å². The Kier molecular flexibility index (Phi) is 4.45. The number of carbonyl (C=O) groups is 1. The second-order valence-corrected chi connectivity index (χ2v) is 8.70. The number of rotatable bonds is 4. The van der Waals surface area contributed by atoms with Crippen molar-refractivity contribution in [2.75, 3.05) is 32.8 Å². The van der Waals surface area contributed by atoms with E-state index in [0.29, 0.717) is 36.1 Å². The van der Waals surface area contributed by atoms with E-state index >= 15 is 0 Å². The molecule has 0 unspecified atom stereocenters. The highest BCUT2D eigenvalue weighted by atomic mass is 16.5. The maximum atomic E-state index is 12.6. The largest absolute Gasteiger partial charge is 0.381 e. The predicted octanol–water partition coefficient (Wildman–Crippen LogP) is 1.78. The summed E-state index contributed by atoms with van der Waals surface area (Å²) in [6.45, 7) is 6.58. The number of ether oxygens (including phenoxy) is 2. The first-order valence-electron chi connectivity index (χ1n) is 10.3. The lowest BCUT2D eigenvalue weighted by atomic mass is 9.73. The smallest absolute Gasteiger partial charge is 0.253 e. The fourth-order valence-electron chi connectivity index (χ4n) is 5.84. The number of carbonyl (C=O) groups excluding carboxylic acids is 1. The van der Waals surface area contributed by atoms with Gasteiger partial charge in [0.2, 0.25) is 0 Å². The average Bonchev–Trinajstić information content (AvgIpc) is 3.36. The molecule has 27 heavy (non-hydrogen) atoms. The zero-order chi connectivity index (χ0) is 18.4.